The Morgan fingerprint density at radius 3 is 2.42 bits per heavy atom. The maximum atomic E-state index is 5.50. The summed E-state index contributed by atoms with van der Waals surface area (Å²) >= 11 is 0. The van der Waals surface area contributed by atoms with E-state index in [2.05, 4.69) is 36.4 Å². The normalized spacial score (nSPS) is 11.7. The van der Waals surface area contributed by atoms with Gasteiger partial charge in [0.15, 0.2) is 0 Å². The Morgan fingerprint density at radius 1 is 1.32 bits per heavy atom. The van der Waals surface area contributed by atoms with Gasteiger partial charge in [-0.25, -0.2) is 0 Å². The Morgan fingerprint density at radius 2 is 1.95 bits per heavy atom. The first-order valence-electron chi connectivity index (χ1n) is 6.50. The molecule has 0 aliphatic rings. The van der Waals surface area contributed by atoms with Crippen molar-refractivity contribution in [3.63, 3.8) is 0 Å². The molecule has 0 spiro atoms. The third kappa shape index (κ3) is 3.61. The lowest BCUT2D eigenvalue weighted by Gasteiger charge is -2.28. The van der Waals surface area contributed by atoms with E-state index in [4.69, 9.17) is 4.74 Å². The van der Waals surface area contributed by atoms with E-state index >= 15 is 0 Å². The van der Waals surface area contributed by atoms with Crippen molar-refractivity contribution in [1.82, 2.24) is 5.32 Å². The Kier molecular flexibility index (Phi) is 6.16. The van der Waals surface area contributed by atoms with Crippen molar-refractivity contribution < 1.29 is 4.74 Å². The molecule has 1 unspecified atom stereocenters. The summed E-state index contributed by atoms with van der Waals surface area (Å²) in [5, 5.41) is 3.28. The molecule has 104 valence electrons. The van der Waals surface area contributed by atoms with Crippen molar-refractivity contribution in [2.24, 2.45) is 0 Å². The molecule has 0 fully saturated rings. The van der Waals surface area contributed by atoms with Crippen molar-refractivity contribution in [3.05, 3.63) is 49.1 Å². The number of ether oxygens (including phenoxy) is 1. The standard InChI is InChI=1S/C16H24N2O/c1-6-11-18(12-7-2)14-9-8-10-15(19-5)16(14)13(3)17-4/h6-10,13,17H,1-2,11-12H2,3-5H3. The highest BCUT2D eigenvalue weighted by molar-refractivity contribution is 5.61. The second kappa shape index (κ2) is 7.64. The summed E-state index contributed by atoms with van der Waals surface area (Å²) in [6.07, 6.45) is 3.80. The van der Waals surface area contributed by atoms with Crippen LogP contribution in [0.2, 0.25) is 0 Å². The van der Waals surface area contributed by atoms with Crippen molar-refractivity contribution in [1.29, 1.82) is 0 Å². The minimum absolute atomic E-state index is 0.211. The van der Waals surface area contributed by atoms with Gasteiger partial charge < -0.3 is 15.0 Å². The van der Waals surface area contributed by atoms with Crippen LogP contribution in [-0.4, -0.2) is 27.2 Å². The smallest absolute Gasteiger partial charge is 0.125 e. The molecule has 1 N–H and O–H groups in total. The lowest BCUT2D eigenvalue weighted by molar-refractivity contribution is 0.404. The Labute approximate surface area is 116 Å². The first kappa shape index (κ1) is 15.3. The van der Waals surface area contributed by atoms with Crippen molar-refractivity contribution in [2.45, 2.75) is 13.0 Å². The minimum Gasteiger partial charge on any atom is -0.496 e. The van der Waals surface area contributed by atoms with Crippen LogP contribution in [0.25, 0.3) is 0 Å². The van der Waals surface area contributed by atoms with Gasteiger partial charge in [-0.3, -0.25) is 0 Å². The molecule has 3 nitrogen and oxygen atoms in total. The molecular formula is C16H24N2O. The van der Waals surface area contributed by atoms with E-state index in [1.807, 2.05) is 31.3 Å². The van der Waals surface area contributed by atoms with Crippen molar-refractivity contribution in [2.75, 3.05) is 32.1 Å². The van der Waals surface area contributed by atoms with Crippen LogP contribution in [0.1, 0.15) is 18.5 Å². The van der Waals surface area contributed by atoms with Gasteiger partial charge in [-0.15, -0.1) is 13.2 Å². The Bertz CT molecular complexity index is 419. The van der Waals surface area contributed by atoms with E-state index < -0.39 is 0 Å². The molecule has 1 atom stereocenters. The summed E-state index contributed by atoms with van der Waals surface area (Å²) in [6.45, 7) is 11.3. The average Bonchev–Trinajstić information content (AvgIpc) is 2.45. The van der Waals surface area contributed by atoms with E-state index in [0.717, 1.165) is 30.1 Å². The molecule has 0 aliphatic heterocycles. The predicted molar refractivity (Wildman–Crippen MR) is 83.1 cm³/mol. The molecule has 0 radical (unpaired) electrons. The average molecular weight is 260 g/mol. The molecule has 0 amide bonds. The van der Waals surface area contributed by atoms with Crippen LogP contribution in [0, 0.1) is 0 Å². The molecule has 0 heterocycles. The number of methoxy groups -OCH3 is 1. The predicted octanol–water partition coefficient (Wildman–Crippen LogP) is 3.15. The van der Waals surface area contributed by atoms with E-state index in [1.54, 1.807) is 7.11 Å². The van der Waals surface area contributed by atoms with Gasteiger partial charge >= 0.3 is 0 Å². The Balaban J connectivity index is 3.30. The molecule has 0 aliphatic carbocycles. The van der Waals surface area contributed by atoms with E-state index in [0.29, 0.717) is 0 Å². The highest BCUT2D eigenvalue weighted by Crippen LogP contribution is 2.34. The van der Waals surface area contributed by atoms with Crippen LogP contribution in [0.15, 0.2) is 43.5 Å². The number of nitrogens with one attached hydrogen (secondary N) is 1. The highest BCUT2D eigenvalue weighted by atomic mass is 16.5. The molecule has 3 heteroatoms. The van der Waals surface area contributed by atoms with Gasteiger partial charge in [0, 0.05) is 30.4 Å². The third-order valence-electron chi connectivity index (χ3n) is 3.17. The zero-order chi connectivity index (χ0) is 14.3. The molecule has 0 saturated carbocycles. The quantitative estimate of drug-likeness (QED) is 0.727. The fraction of sp³-hybridized carbons (Fsp3) is 0.375. The largest absolute Gasteiger partial charge is 0.496 e. The fourth-order valence-electron chi connectivity index (χ4n) is 2.15. The maximum Gasteiger partial charge on any atom is 0.125 e. The first-order chi connectivity index (χ1) is 9.19. The summed E-state index contributed by atoms with van der Waals surface area (Å²) in [4.78, 5) is 2.23. The van der Waals surface area contributed by atoms with Gasteiger partial charge in [0.2, 0.25) is 0 Å². The van der Waals surface area contributed by atoms with Crippen LogP contribution >= 0.6 is 0 Å². The van der Waals surface area contributed by atoms with Crippen LogP contribution in [0.4, 0.5) is 5.69 Å². The van der Waals surface area contributed by atoms with Gasteiger partial charge in [0.25, 0.3) is 0 Å². The maximum absolute atomic E-state index is 5.50. The van der Waals surface area contributed by atoms with E-state index in [9.17, 15) is 0 Å². The van der Waals surface area contributed by atoms with Crippen molar-refractivity contribution in [3.8, 4) is 5.75 Å². The topological polar surface area (TPSA) is 24.5 Å². The lowest BCUT2D eigenvalue weighted by Crippen LogP contribution is -2.26. The summed E-state index contributed by atoms with van der Waals surface area (Å²) in [6, 6.07) is 6.33. The molecule has 0 aromatic heterocycles. The monoisotopic (exact) mass is 260 g/mol. The summed E-state index contributed by atoms with van der Waals surface area (Å²) < 4.78 is 5.50. The molecule has 1 aromatic rings. The minimum atomic E-state index is 0.211. The van der Waals surface area contributed by atoms with Crippen LogP contribution < -0.4 is 15.0 Å². The highest BCUT2D eigenvalue weighted by Gasteiger charge is 2.18. The van der Waals surface area contributed by atoms with Gasteiger partial charge in [-0.05, 0) is 26.1 Å². The molecule has 0 saturated heterocycles. The number of hydrogen-bond acceptors (Lipinski definition) is 3. The molecule has 1 rings (SSSR count). The van der Waals surface area contributed by atoms with Gasteiger partial charge in [0.1, 0.15) is 5.75 Å². The second-order valence-electron chi connectivity index (χ2n) is 4.39. The lowest BCUT2D eigenvalue weighted by atomic mass is 10.0. The van der Waals surface area contributed by atoms with Crippen molar-refractivity contribution >= 4 is 5.69 Å². The van der Waals surface area contributed by atoms with Crippen LogP contribution in [0.5, 0.6) is 5.75 Å². The molecule has 0 bridgehead atoms. The second-order valence-corrected chi connectivity index (χ2v) is 4.39. The van der Waals surface area contributed by atoms with Gasteiger partial charge in [-0.1, -0.05) is 18.2 Å². The summed E-state index contributed by atoms with van der Waals surface area (Å²) in [5.74, 6) is 0.900. The van der Waals surface area contributed by atoms with E-state index in [-0.39, 0.29) is 6.04 Å². The number of hydrogen-bond donors (Lipinski definition) is 1. The molecular weight excluding hydrogens is 236 g/mol. The Hall–Kier alpha value is -1.74. The summed E-state index contributed by atoms with van der Waals surface area (Å²) in [7, 11) is 3.66. The summed E-state index contributed by atoms with van der Waals surface area (Å²) in [5.41, 5.74) is 2.32. The number of benzene rings is 1. The fourth-order valence-corrected chi connectivity index (χ4v) is 2.15. The zero-order valence-corrected chi connectivity index (χ0v) is 12.1. The molecule has 19 heavy (non-hydrogen) atoms. The number of rotatable bonds is 8. The SMILES string of the molecule is C=CCN(CC=C)c1cccc(OC)c1C(C)NC. The number of anilines is 1. The number of nitrogens with zero attached hydrogens (tertiary/aromatic N) is 1. The zero-order valence-electron chi connectivity index (χ0n) is 12.1. The van der Waals surface area contributed by atoms with Crippen LogP contribution in [-0.2, 0) is 0 Å². The van der Waals surface area contributed by atoms with Gasteiger partial charge in [-0.2, -0.15) is 0 Å². The van der Waals surface area contributed by atoms with E-state index in [1.165, 1.54) is 0 Å². The van der Waals surface area contributed by atoms with Gasteiger partial charge in [0.05, 0.1) is 7.11 Å². The van der Waals surface area contributed by atoms with Crippen LogP contribution in [0.3, 0.4) is 0 Å². The third-order valence-corrected chi connectivity index (χ3v) is 3.17. The molecule has 1 aromatic carbocycles. The first-order valence-corrected chi connectivity index (χ1v) is 6.50.